The van der Waals surface area contributed by atoms with Gasteiger partial charge in [-0.1, -0.05) is 30.3 Å². The van der Waals surface area contributed by atoms with Crippen LogP contribution in [0.2, 0.25) is 0 Å². The fourth-order valence-electron chi connectivity index (χ4n) is 3.00. The number of amides is 1. The molecule has 1 amide bonds. The number of nitrogens with one attached hydrogen (secondary N) is 1. The van der Waals surface area contributed by atoms with E-state index in [1.165, 1.54) is 29.8 Å². The summed E-state index contributed by atoms with van der Waals surface area (Å²) in [6, 6.07) is 20.9. The summed E-state index contributed by atoms with van der Waals surface area (Å²) in [5.74, 6) is -0.638. The molecule has 0 aliphatic carbocycles. The number of rotatable bonds is 8. The van der Waals surface area contributed by atoms with Crippen molar-refractivity contribution in [3.05, 3.63) is 95.8 Å². The van der Waals surface area contributed by atoms with E-state index in [2.05, 4.69) is 16.9 Å². The molecule has 0 unspecified atom stereocenters. The second kappa shape index (κ2) is 9.54. The van der Waals surface area contributed by atoms with Crippen LogP contribution < -0.4 is 4.72 Å². The molecule has 0 atom stereocenters. The Balaban J connectivity index is 1.57. The largest absolute Gasteiger partial charge is 0.342 e. The van der Waals surface area contributed by atoms with E-state index < -0.39 is 15.8 Å². The summed E-state index contributed by atoms with van der Waals surface area (Å²) in [6.07, 6.45) is 1.74. The average Bonchev–Trinajstić information content (AvgIpc) is 2.74. The van der Waals surface area contributed by atoms with Crippen LogP contribution in [-0.2, 0) is 16.4 Å². The number of hydrogen-bond acceptors (Lipinski definition) is 3. The summed E-state index contributed by atoms with van der Waals surface area (Å²) < 4.78 is 40.2. The fourth-order valence-corrected chi connectivity index (χ4v) is 4.05. The minimum absolute atomic E-state index is 0.0396. The van der Waals surface area contributed by atoms with E-state index in [0.717, 1.165) is 25.0 Å². The third-order valence-corrected chi connectivity index (χ3v) is 6.05. The summed E-state index contributed by atoms with van der Waals surface area (Å²) >= 11 is 0. The van der Waals surface area contributed by atoms with Gasteiger partial charge in [-0.25, -0.2) is 12.8 Å². The quantitative estimate of drug-likeness (QED) is 0.583. The zero-order chi connectivity index (χ0) is 21.6. The lowest BCUT2D eigenvalue weighted by Crippen LogP contribution is -2.28. The highest BCUT2D eigenvalue weighted by Crippen LogP contribution is 2.18. The van der Waals surface area contributed by atoms with Gasteiger partial charge < -0.3 is 4.90 Å². The standard InChI is InChI=1S/C23H23FN2O3S/c1-26(17-5-8-18-6-3-2-4-7-18)23(27)19-9-13-21(14-10-19)25-30(28,29)22-15-11-20(24)12-16-22/h2-4,6-7,9-16,25H,5,8,17H2,1H3. The van der Waals surface area contributed by atoms with Crippen molar-refractivity contribution in [3.8, 4) is 0 Å². The van der Waals surface area contributed by atoms with Gasteiger partial charge in [-0.05, 0) is 66.9 Å². The SMILES string of the molecule is CN(CCCc1ccccc1)C(=O)c1ccc(NS(=O)(=O)c2ccc(F)cc2)cc1. The molecule has 3 rings (SSSR count). The summed E-state index contributed by atoms with van der Waals surface area (Å²) in [7, 11) is -2.08. The van der Waals surface area contributed by atoms with Crippen molar-refractivity contribution in [1.82, 2.24) is 4.90 Å². The number of anilines is 1. The minimum atomic E-state index is -3.83. The molecule has 0 fully saturated rings. The van der Waals surface area contributed by atoms with Crippen molar-refractivity contribution < 1.29 is 17.6 Å². The Morgan fingerprint density at radius 2 is 1.57 bits per heavy atom. The number of benzene rings is 3. The molecule has 0 spiro atoms. The molecule has 0 heterocycles. The van der Waals surface area contributed by atoms with Crippen molar-refractivity contribution in [2.75, 3.05) is 18.3 Å². The first-order valence-electron chi connectivity index (χ1n) is 9.53. The van der Waals surface area contributed by atoms with Crippen molar-refractivity contribution >= 4 is 21.6 Å². The Labute approximate surface area is 176 Å². The first kappa shape index (κ1) is 21.5. The molecule has 7 heteroatoms. The van der Waals surface area contributed by atoms with Crippen LogP contribution in [0, 0.1) is 5.82 Å². The maximum absolute atomic E-state index is 13.0. The summed E-state index contributed by atoms with van der Waals surface area (Å²) in [4.78, 5) is 14.2. The summed E-state index contributed by atoms with van der Waals surface area (Å²) in [5.41, 5.74) is 2.03. The number of sulfonamides is 1. The number of carbonyl (C=O) groups is 1. The van der Waals surface area contributed by atoms with Crippen LogP contribution in [0.3, 0.4) is 0 Å². The van der Waals surface area contributed by atoms with Crippen LogP contribution >= 0.6 is 0 Å². The molecule has 0 aromatic heterocycles. The maximum atomic E-state index is 13.0. The van der Waals surface area contributed by atoms with E-state index >= 15 is 0 Å². The van der Waals surface area contributed by atoms with Gasteiger partial charge in [0.05, 0.1) is 4.90 Å². The van der Waals surface area contributed by atoms with Gasteiger partial charge in [0.2, 0.25) is 0 Å². The van der Waals surface area contributed by atoms with E-state index in [0.29, 0.717) is 17.8 Å². The van der Waals surface area contributed by atoms with Gasteiger partial charge in [0, 0.05) is 24.8 Å². The van der Waals surface area contributed by atoms with E-state index in [-0.39, 0.29) is 10.8 Å². The summed E-state index contributed by atoms with van der Waals surface area (Å²) in [6.45, 7) is 0.618. The zero-order valence-electron chi connectivity index (χ0n) is 16.6. The molecule has 0 bridgehead atoms. The number of hydrogen-bond donors (Lipinski definition) is 1. The number of aryl methyl sites for hydroxylation is 1. The molecule has 0 saturated carbocycles. The highest BCUT2D eigenvalue weighted by Gasteiger charge is 2.15. The molecule has 3 aromatic carbocycles. The number of carbonyl (C=O) groups excluding carboxylic acids is 1. The van der Waals surface area contributed by atoms with Crippen LogP contribution in [0.5, 0.6) is 0 Å². The molecule has 156 valence electrons. The normalized spacial score (nSPS) is 11.1. The molecule has 0 radical (unpaired) electrons. The van der Waals surface area contributed by atoms with Crippen LogP contribution in [0.4, 0.5) is 10.1 Å². The first-order chi connectivity index (χ1) is 14.3. The van der Waals surface area contributed by atoms with E-state index in [9.17, 15) is 17.6 Å². The predicted octanol–water partition coefficient (Wildman–Crippen LogP) is 4.33. The lowest BCUT2D eigenvalue weighted by atomic mass is 10.1. The Morgan fingerprint density at radius 1 is 0.933 bits per heavy atom. The highest BCUT2D eigenvalue weighted by molar-refractivity contribution is 7.92. The van der Waals surface area contributed by atoms with Gasteiger partial charge in [0.1, 0.15) is 5.82 Å². The summed E-state index contributed by atoms with van der Waals surface area (Å²) in [5, 5.41) is 0. The van der Waals surface area contributed by atoms with Gasteiger partial charge >= 0.3 is 0 Å². The van der Waals surface area contributed by atoms with Crippen molar-refractivity contribution in [2.24, 2.45) is 0 Å². The van der Waals surface area contributed by atoms with Crippen LogP contribution in [0.25, 0.3) is 0 Å². The molecule has 5 nitrogen and oxygen atoms in total. The van der Waals surface area contributed by atoms with Crippen molar-refractivity contribution in [2.45, 2.75) is 17.7 Å². The lowest BCUT2D eigenvalue weighted by Gasteiger charge is -2.17. The van der Waals surface area contributed by atoms with Crippen LogP contribution in [0.15, 0.2) is 83.8 Å². The minimum Gasteiger partial charge on any atom is -0.342 e. The van der Waals surface area contributed by atoms with Gasteiger partial charge in [0.25, 0.3) is 15.9 Å². The van der Waals surface area contributed by atoms with E-state index in [4.69, 9.17) is 0 Å². The fraction of sp³-hybridized carbons (Fsp3) is 0.174. The molecule has 3 aromatic rings. The molecule has 30 heavy (non-hydrogen) atoms. The molecular formula is C23H23FN2O3S. The smallest absolute Gasteiger partial charge is 0.261 e. The monoisotopic (exact) mass is 426 g/mol. The predicted molar refractivity (Wildman–Crippen MR) is 115 cm³/mol. The van der Waals surface area contributed by atoms with E-state index in [1.807, 2.05) is 18.2 Å². The van der Waals surface area contributed by atoms with Gasteiger partial charge in [-0.15, -0.1) is 0 Å². The highest BCUT2D eigenvalue weighted by atomic mass is 32.2. The molecule has 1 N–H and O–H groups in total. The first-order valence-corrected chi connectivity index (χ1v) is 11.0. The Kier molecular flexibility index (Phi) is 6.84. The number of nitrogens with zero attached hydrogens (tertiary/aromatic N) is 1. The van der Waals surface area contributed by atoms with Gasteiger partial charge in [-0.3, -0.25) is 9.52 Å². The molecular weight excluding hydrogens is 403 g/mol. The Morgan fingerprint density at radius 3 is 2.20 bits per heavy atom. The second-order valence-electron chi connectivity index (χ2n) is 6.95. The maximum Gasteiger partial charge on any atom is 0.261 e. The Hall–Kier alpha value is -3.19. The Bertz CT molecular complexity index is 1080. The van der Waals surface area contributed by atoms with Crippen molar-refractivity contribution in [3.63, 3.8) is 0 Å². The van der Waals surface area contributed by atoms with Crippen LogP contribution in [-0.4, -0.2) is 32.8 Å². The molecule has 0 aliphatic heterocycles. The van der Waals surface area contributed by atoms with Crippen molar-refractivity contribution in [1.29, 1.82) is 0 Å². The van der Waals surface area contributed by atoms with Gasteiger partial charge in [-0.2, -0.15) is 0 Å². The molecule has 0 aliphatic rings. The van der Waals surface area contributed by atoms with E-state index in [1.54, 1.807) is 24.1 Å². The third-order valence-electron chi connectivity index (χ3n) is 4.66. The topological polar surface area (TPSA) is 66.5 Å². The number of halogens is 1. The van der Waals surface area contributed by atoms with Gasteiger partial charge in [0.15, 0.2) is 0 Å². The average molecular weight is 427 g/mol. The molecule has 0 saturated heterocycles. The van der Waals surface area contributed by atoms with Crippen LogP contribution in [0.1, 0.15) is 22.3 Å². The zero-order valence-corrected chi connectivity index (χ0v) is 17.4. The second-order valence-corrected chi connectivity index (χ2v) is 8.64. The lowest BCUT2D eigenvalue weighted by molar-refractivity contribution is 0.0793. The third kappa shape index (κ3) is 5.67.